The van der Waals surface area contributed by atoms with Gasteiger partial charge in [-0.2, -0.15) is 0 Å². The molecule has 19 heavy (non-hydrogen) atoms. The van der Waals surface area contributed by atoms with Gasteiger partial charge in [-0.05, 0) is 43.4 Å². The van der Waals surface area contributed by atoms with Gasteiger partial charge < -0.3 is 14.6 Å². The Balaban J connectivity index is 1.91. The monoisotopic (exact) mass is 278 g/mol. The first kappa shape index (κ1) is 14.1. The van der Waals surface area contributed by atoms with Gasteiger partial charge in [-0.15, -0.1) is 0 Å². The van der Waals surface area contributed by atoms with Crippen molar-refractivity contribution >= 4 is 11.6 Å². The zero-order chi connectivity index (χ0) is 13.7. The number of nitrogens with zero attached hydrogens (tertiary/aromatic N) is 1. The lowest BCUT2D eigenvalue weighted by Gasteiger charge is -2.25. The van der Waals surface area contributed by atoms with Crippen LogP contribution in [0.15, 0.2) is 46.9 Å². The summed E-state index contributed by atoms with van der Waals surface area (Å²) in [5, 5.41) is 3.84. The molecule has 0 aliphatic rings. The summed E-state index contributed by atoms with van der Waals surface area (Å²) in [6.45, 7) is 1.54. The quantitative estimate of drug-likeness (QED) is 0.879. The van der Waals surface area contributed by atoms with Crippen LogP contribution in [0.2, 0.25) is 5.22 Å². The number of rotatable bonds is 6. The molecule has 0 aliphatic carbocycles. The first-order valence-corrected chi connectivity index (χ1v) is 6.71. The lowest BCUT2D eigenvalue weighted by atomic mass is 10.1. The Labute approximate surface area is 119 Å². The van der Waals surface area contributed by atoms with Crippen molar-refractivity contribution in [3.63, 3.8) is 0 Å². The van der Waals surface area contributed by atoms with Crippen molar-refractivity contribution in [2.45, 2.75) is 12.6 Å². The van der Waals surface area contributed by atoms with E-state index in [0.717, 1.165) is 12.3 Å². The predicted molar refractivity (Wildman–Crippen MR) is 78.3 cm³/mol. The maximum atomic E-state index is 5.75. The van der Waals surface area contributed by atoms with Crippen molar-refractivity contribution in [2.24, 2.45) is 0 Å². The largest absolute Gasteiger partial charge is 0.448 e. The Kier molecular flexibility index (Phi) is 5.02. The topological polar surface area (TPSA) is 28.4 Å². The molecule has 0 saturated heterocycles. The highest BCUT2D eigenvalue weighted by Crippen LogP contribution is 2.17. The minimum Gasteiger partial charge on any atom is -0.448 e. The van der Waals surface area contributed by atoms with Gasteiger partial charge in [0.05, 0.1) is 6.54 Å². The van der Waals surface area contributed by atoms with Crippen LogP contribution in [0.25, 0.3) is 0 Å². The first-order chi connectivity index (χ1) is 9.16. The van der Waals surface area contributed by atoms with E-state index in [0.29, 0.717) is 17.8 Å². The van der Waals surface area contributed by atoms with Gasteiger partial charge >= 0.3 is 0 Å². The van der Waals surface area contributed by atoms with Crippen molar-refractivity contribution in [3.8, 4) is 0 Å². The molecule has 4 heteroatoms. The van der Waals surface area contributed by atoms with Crippen molar-refractivity contribution in [1.82, 2.24) is 10.2 Å². The van der Waals surface area contributed by atoms with Gasteiger partial charge in [0.2, 0.25) is 0 Å². The molecule has 102 valence electrons. The van der Waals surface area contributed by atoms with Crippen LogP contribution in [0.4, 0.5) is 0 Å². The molecule has 2 rings (SSSR count). The second-order valence-corrected chi connectivity index (χ2v) is 5.10. The molecule has 0 bridgehead atoms. The van der Waals surface area contributed by atoms with Crippen LogP contribution < -0.4 is 5.32 Å². The molecule has 1 atom stereocenters. The number of hydrogen-bond acceptors (Lipinski definition) is 3. The summed E-state index contributed by atoms with van der Waals surface area (Å²) in [7, 11) is 4.17. The summed E-state index contributed by atoms with van der Waals surface area (Å²) in [5.74, 6) is 0.857. The average Bonchev–Trinajstić information content (AvgIpc) is 2.81. The Morgan fingerprint density at radius 3 is 2.47 bits per heavy atom. The minimum absolute atomic E-state index is 0.339. The number of benzene rings is 1. The van der Waals surface area contributed by atoms with E-state index in [1.807, 2.05) is 12.1 Å². The molecule has 1 unspecified atom stereocenters. The SMILES string of the molecule is CN(C)C(CNCc1ccc(Cl)o1)c1ccccc1. The zero-order valence-electron chi connectivity index (χ0n) is 11.3. The molecule has 3 nitrogen and oxygen atoms in total. The second kappa shape index (κ2) is 6.75. The first-order valence-electron chi connectivity index (χ1n) is 6.33. The molecule has 1 aromatic heterocycles. The minimum atomic E-state index is 0.339. The molecule has 0 amide bonds. The highest BCUT2D eigenvalue weighted by molar-refractivity contribution is 6.28. The van der Waals surface area contributed by atoms with Gasteiger partial charge in [-0.25, -0.2) is 0 Å². The Hall–Kier alpha value is -1.29. The van der Waals surface area contributed by atoms with Crippen LogP contribution in [0.3, 0.4) is 0 Å². The van der Waals surface area contributed by atoms with Gasteiger partial charge in [0.25, 0.3) is 0 Å². The fourth-order valence-electron chi connectivity index (χ4n) is 2.05. The van der Waals surface area contributed by atoms with Crippen molar-refractivity contribution in [1.29, 1.82) is 0 Å². The predicted octanol–water partition coefficient (Wildman–Crippen LogP) is 3.33. The summed E-state index contributed by atoms with van der Waals surface area (Å²) >= 11 is 5.75. The lowest BCUT2D eigenvalue weighted by Crippen LogP contribution is -2.30. The third-order valence-electron chi connectivity index (χ3n) is 3.07. The highest BCUT2D eigenvalue weighted by atomic mass is 35.5. The molecule has 0 radical (unpaired) electrons. The summed E-state index contributed by atoms with van der Waals surface area (Å²) < 4.78 is 5.32. The Morgan fingerprint density at radius 2 is 1.89 bits per heavy atom. The van der Waals surface area contributed by atoms with Crippen molar-refractivity contribution in [2.75, 3.05) is 20.6 Å². The van der Waals surface area contributed by atoms with Crippen LogP contribution in [0.5, 0.6) is 0 Å². The molecule has 0 spiro atoms. The molecule has 0 aliphatic heterocycles. The smallest absolute Gasteiger partial charge is 0.193 e. The van der Waals surface area contributed by atoms with Gasteiger partial charge in [0, 0.05) is 12.6 Å². The summed E-state index contributed by atoms with van der Waals surface area (Å²) in [4.78, 5) is 2.21. The normalized spacial score (nSPS) is 12.8. The van der Waals surface area contributed by atoms with Gasteiger partial charge in [0.1, 0.15) is 5.76 Å². The Bertz CT molecular complexity index is 496. The van der Waals surface area contributed by atoms with E-state index < -0.39 is 0 Å². The van der Waals surface area contributed by atoms with E-state index in [4.69, 9.17) is 16.0 Å². The molecular formula is C15H19ClN2O. The number of halogens is 1. The van der Waals surface area contributed by atoms with Crippen LogP contribution in [0.1, 0.15) is 17.4 Å². The van der Waals surface area contributed by atoms with Crippen LogP contribution >= 0.6 is 11.6 Å². The van der Waals surface area contributed by atoms with Crippen LogP contribution in [0, 0.1) is 0 Å². The van der Waals surface area contributed by atoms with Gasteiger partial charge in [-0.1, -0.05) is 30.3 Å². The molecule has 2 aromatic rings. The van der Waals surface area contributed by atoms with Crippen molar-refractivity contribution < 1.29 is 4.42 Å². The maximum Gasteiger partial charge on any atom is 0.193 e. The van der Waals surface area contributed by atoms with E-state index in [-0.39, 0.29) is 0 Å². The van der Waals surface area contributed by atoms with Gasteiger partial charge in [0.15, 0.2) is 5.22 Å². The van der Waals surface area contributed by atoms with Crippen molar-refractivity contribution in [3.05, 3.63) is 59.0 Å². The van der Waals surface area contributed by atoms with E-state index in [1.165, 1.54) is 5.56 Å². The average molecular weight is 279 g/mol. The molecule has 0 saturated carbocycles. The molecular weight excluding hydrogens is 260 g/mol. The number of nitrogens with one attached hydrogen (secondary N) is 1. The second-order valence-electron chi connectivity index (χ2n) is 4.73. The van der Waals surface area contributed by atoms with Crippen LogP contribution in [-0.2, 0) is 6.54 Å². The summed E-state index contributed by atoms with van der Waals surface area (Å²) in [6, 6.07) is 14.5. The number of likely N-dealkylation sites (N-methyl/N-ethyl adjacent to an activating group) is 1. The van der Waals surface area contributed by atoms with E-state index >= 15 is 0 Å². The molecule has 0 fully saturated rings. The third kappa shape index (κ3) is 4.10. The van der Waals surface area contributed by atoms with Gasteiger partial charge in [-0.3, -0.25) is 0 Å². The third-order valence-corrected chi connectivity index (χ3v) is 3.28. The fourth-order valence-corrected chi connectivity index (χ4v) is 2.21. The summed E-state index contributed by atoms with van der Waals surface area (Å²) in [6.07, 6.45) is 0. The highest BCUT2D eigenvalue weighted by Gasteiger charge is 2.13. The fraction of sp³-hybridized carbons (Fsp3) is 0.333. The summed E-state index contributed by atoms with van der Waals surface area (Å²) in [5.41, 5.74) is 1.30. The Morgan fingerprint density at radius 1 is 1.16 bits per heavy atom. The van der Waals surface area contributed by atoms with E-state index in [9.17, 15) is 0 Å². The van der Waals surface area contributed by atoms with E-state index in [1.54, 1.807) is 6.07 Å². The zero-order valence-corrected chi connectivity index (χ0v) is 12.0. The molecule has 1 aromatic carbocycles. The number of hydrogen-bond donors (Lipinski definition) is 1. The van der Waals surface area contributed by atoms with E-state index in [2.05, 4.69) is 48.6 Å². The standard InChI is InChI=1S/C15H19ClN2O/c1-18(2)14(12-6-4-3-5-7-12)11-17-10-13-8-9-15(16)19-13/h3-9,14,17H,10-11H2,1-2H3. The number of furan rings is 1. The molecule has 1 N–H and O–H groups in total. The lowest BCUT2D eigenvalue weighted by molar-refractivity contribution is 0.285. The maximum absolute atomic E-state index is 5.75. The van der Waals surface area contributed by atoms with Crippen LogP contribution in [-0.4, -0.2) is 25.5 Å². The molecule has 1 heterocycles.